The molecule has 0 saturated carbocycles. The van der Waals surface area contributed by atoms with E-state index in [0.29, 0.717) is 149 Å². The second-order valence-corrected chi connectivity index (χ2v) is 40.6. The van der Waals surface area contributed by atoms with Crippen LogP contribution in [0, 0.1) is 0 Å². The number of allylic oxidation sites excluding steroid dienone is 2. The van der Waals surface area contributed by atoms with E-state index in [9.17, 15) is 45.5 Å². The summed E-state index contributed by atoms with van der Waals surface area (Å²) in [5.41, 5.74) is 6.25. The molecule has 6 saturated heterocycles. The normalized spacial score (nSPS) is 21.6. The molecular formula is C102H126Cl4F6N24O6. The third kappa shape index (κ3) is 24.8. The minimum atomic E-state index is -4.45. The number of nitrogens with one attached hydrogen (secondary N) is 8. The summed E-state index contributed by atoms with van der Waals surface area (Å²) < 4.78 is 95.9. The molecule has 4 unspecified atom stereocenters. The zero-order valence-corrected chi connectivity index (χ0v) is 84.6. The highest BCUT2D eigenvalue weighted by atomic mass is 35.5. The molecule has 142 heavy (non-hydrogen) atoms. The van der Waals surface area contributed by atoms with Gasteiger partial charge in [-0.15, -0.1) is 0 Å². The average Bonchev–Trinajstić information content (AvgIpc) is 1.44. The van der Waals surface area contributed by atoms with Gasteiger partial charge in [-0.05, 0) is 123 Å². The summed E-state index contributed by atoms with van der Waals surface area (Å²) in [7, 11) is 0. The maximum atomic E-state index is 14.1. The third-order valence-corrected chi connectivity index (χ3v) is 28.5. The van der Waals surface area contributed by atoms with Crippen LogP contribution >= 0.6 is 46.4 Å². The van der Waals surface area contributed by atoms with Gasteiger partial charge in [-0.1, -0.05) is 163 Å². The van der Waals surface area contributed by atoms with Gasteiger partial charge in [-0.3, -0.25) is 19.2 Å². The Hall–Kier alpha value is -11.4. The number of nitrogens with zero attached hydrogens (tertiary/aromatic N) is 16. The summed E-state index contributed by atoms with van der Waals surface area (Å²) in [4.78, 5) is 106. The molecule has 6 fully saturated rings. The number of aromatic nitrogens is 8. The lowest BCUT2D eigenvalue weighted by atomic mass is 9.90. The van der Waals surface area contributed by atoms with E-state index in [0.717, 1.165) is 82.3 Å². The van der Waals surface area contributed by atoms with Crippen LogP contribution in [-0.2, 0) is 28.7 Å². The van der Waals surface area contributed by atoms with Gasteiger partial charge in [-0.25, -0.2) is 39.9 Å². The highest BCUT2D eigenvalue weighted by Crippen LogP contribution is 2.52. The Kier molecular flexibility index (Phi) is 33.8. The van der Waals surface area contributed by atoms with E-state index < -0.39 is 24.2 Å². The molecule has 30 nitrogen and oxygen atoms in total. The van der Waals surface area contributed by atoms with E-state index in [-0.39, 0.29) is 154 Å². The fourth-order valence-electron chi connectivity index (χ4n) is 20.4. The largest absolute Gasteiger partial charge is 0.471 e. The van der Waals surface area contributed by atoms with Crippen molar-refractivity contribution < 1.29 is 55.0 Å². The number of amides is 4. The SMILES string of the molecule is C=C1C[C@@H](C(F)(F)F)c2c(ncnc2N2CC3CCC(C2)N3C(=O)[C@H](CNC(C)C)c2ccc(Cl)cc2)N1.C=C1C[C@H](C(F)(F)F)c2c(ncnc2N2CC3CCC(C2)N3C(=O)[C@H](CNC(C)C)c2ccc(Cl)cc2)N1.C=C1Nc2ncnc(N3CCN(C(=O)[C@H](CNC(C)C)c4ccc(Cl)cc4)CC3)c2[C@@H](C)O1.C=C1Nc2ncnc(N3CCN(C(=O)[C@H](CNC(C)C)c4ccc(Cl)cc4)CC3)c2[C@H](C)O1. The number of anilines is 8. The predicted octanol–water partition coefficient (Wildman–Crippen LogP) is 17.2. The summed E-state index contributed by atoms with van der Waals surface area (Å²) in [5, 5.41) is 28.2. The maximum absolute atomic E-state index is 14.1. The number of halogens is 10. The van der Waals surface area contributed by atoms with Crippen LogP contribution in [0.5, 0.6) is 0 Å². The van der Waals surface area contributed by atoms with E-state index in [2.05, 4.69) is 146 Å². The molecule has 14 heterocycles. The minimum absolute atomic E-state index is 0.0310. The molecule has 10 aliphatic heterocycles. The van der Waals surface area contributed by atoms with Crippen LogP contribution in [0.15, 0.2) is 172 Å². The Balaban J connectivity index is 0.000000143. The lowest BCUT2D eigenvalue weighted by Crippen LogP contribution is -2.58. The fourth-order valence-corrected chi connectivity index (χ4v) is 20.9. The second-order valence-electron chi connectivity index (χ2n) is 38.9. The predicted molar refractivity (Wildman–Crippen MR) is 544 cm³/mol. The highest BCUT2D eigenvalue weighted by molar-refractivity contribution is 6.31. The van der Waals surface area contributed by atoms with Gasteiger partial charge < -0.3 is 91.2 Å². The van der Waals surface area contributed by atoms with Gasteiger partial charge >= 0.3 is 12.4 Å². The average molecular weight is 2040 g/mol. The quantitative estimate of drug-likeness (QED) is 0.0261. The van der Waals surface area contributed by atoms with Gasteiger partial charge in [0, 0.05) is 209 Å². The van der Waals surface area contributed by atoms with Crippen LogP contribution in [0.25, 0.3) is 0 Å². The van der Waals surface area contributed by atoms with Crippen LogP contribution in [0.4, 0.5) is 72.9 Å². The van der Waals surface area contributed by atoms with Gasteiger partial charge in [0.1, 0.15) is 84.1 Å². The fraction of sp³-hybridized carbons (Fsp3) is 0.490. The van der Waals surface area contributed by atoms with E-state index in [1.165, 1.54) is 12.7 Å². The van der Waals surface area contributed by atoms with Gasteiger partial charge in [0.05, 0.1) is 46.6 Å². The Labute approximate surface area is 845 Å². The molecule has 4 aromatic heterocycles. The van der Waals surface area contributed by atoms with E-state index in [4.69, 9.17) is 55.9 Å². The Morgan fingerprint density at radius 2 is 0.613 bits per heavy atom. The van der Waals surface area contributed by atoms with Crippen LogP contribution < -0.4 is 62.1 Å². The molecule has 10 aliphatic rings. The summed E-state index contributed by atoms with van der Waals surface area (Å²) >= 11 is 24.3. The van der Waals surface area contributed by atoms with Crippen molar-refractivity contribution in [3.63, 3.8) is 0 Å². The molecular weight excluding hydrogens is 1910 g/mol. The van der Waals surface area contributed by atoms with Crippen molar-refractivity contribution >= 4 is 117 Å². The molecule has 18 rings (SSSR count). The van der Waals surface area contributed by atoms with Crippen molar-refractivity contribution in [3.8, 4) is 0 Å². The number of ether oxygens (including phenoxy) is 2. The first kappa shape index (κ1) is 105. The molecule has 0 spiro atoms. The van der Waals surface area contributed by atoms with Crippen molar-refractivity contribution in [1.82, 2.24) is 80.7 Å². The number of carbonyl (C=O) groups is 4. The molecule has 40 heteroatoms. The van der Waals surface area contributed by atoms with Crippen LogP contribution in [0.3, 0.4) is 0 Å². The topological polar surface area (TPSA) is 312 Å². The Bertz CT molecular complexity index is 5440. The van der Waals surface area contributed by atoms with Crippen LogP contribution in [0.2, 0.25) is 20.1 Å². The number of hydrogen-bond acceptors (Lipinski definition) is 26. The van der Waals surface area contributed by atoms with E-state index in [1.807, 2.05) is 144 Å². The molecule has 8 aromatic rings. The molecule has 4 bridgehead atoms. The summed E-state index contributed by atoms with van der Waals surface area (Å²) in [5.74, 6) is 0.573. The number of hydrogen-bond donors (Lipinski definition) is 8. The van der Waals surface area contributed by atoms with Crippen molar-refractivity contribution in [1.29, 1.82) is 0 Å². The summed E-state index contributed by atoms with van der Waals surface area (Å²) in [6, 6.07) is 30.4. The van der Waals surface area contributed by atoms with Gasteiger partial charge in [0.25, 0.3) is 0 Å². The zero-order chi connectivity index (χ0) is 101. The Morgan fingerprint density at radius 3 is 0.866 bits per heavy atom. The minimum Gasteiger partial charge on any atom is -0.471 e. The first-order valence-electron chi connectivity index (χ1n) is 48.6. The lowest BCUT2D eigenvalue weighted by Gasteiger charge is -2.44. The van der Waals surface area contributed by atoms with Crippen LogP contribution in [-0.4, -0.2) is 249 Å². The van der Waals surface area contributed by atoms with Crippen molar-refractivity contribution in [2.45, 2.75) is 216 Å². The molecule has 760 valence electrons. The summed E-state index contributed by atoms with van der Waals surface area (Å²) in [6.45, 7) is 44.6. The first-order chi connectivity index (χ1) is 67.7. The molecule has 12 atom stereocenters. The second kappa shape index (κ2) is 45.7. The number of rotatable bonds is 24. The molecule has 4 amide bonds. The lowest BCUT2D eigenvalue weighted by molar-refractivity contribution is -0.151. The van der Waals surface area contributed by atoms with Gasteiger partial charge in [-0.2, -0.15) is 26.3 Å². The smallest absolute Gasteiger partial charge is 0.396 e. The number of alkyl halides is 6. The van der Waals surface area contributed by atoms with Crippen molar-refractivity contribution in [2.24, 2.45) is 0 Å². The monoisotopic (exact) mass is 2040 g/mol. The van der Waals surface area contributed by atoms with Gasteiger partial charge in [0.15, 0.2) is 11.8 Å². The highest BCUT2D eigenvalue weighted by Gasteiger charge is 2.53. The maximum Gasteiger partial charge on any atom is 0.396 e. The number of benzene rings is 4. The molecule has 0 radical (unpaired) electrons. The summed E-state index contributed by atoms with van der Waals surface area (Å²) in [6.07, 6.45) is -0.935. The van der Waals surface area contributed by atoms with Crippen LogP contribution in [0.1, 0.15) is 200 Å². The van der Waals surface area contributed by atoms with E-state index in [1.54, 1.807) is 36.9 Å². The Morgan fingerprint density at radius 1 is 0.366 bits per heavy atom. The van der Waals surface area contributed by atoms with Crippen molar-refractivity contribution in [3.05, 3.63) is 236 Å². The molecule has 8 N–H and O–H groups in total. The standard InChI is InChI=1S/2C27H32ClF3N6O.2C24H31ClN6O2/c2*1-15(2)32-11-21(17-4-6-18(28)7-5-17)26(38)37-19-8-9-20(37)13-36(12-19)25-23-22(27(29,30)31)10-16(3)35-24(23)33-14-34-25;2*1-15(2)26-13-20(18-5-7-19(25)8-6-18)24(32)31-11-9-30(10-12-31)23-21-16(3)33-17(4)29-22(21)27-14-28-23/h2*4-7,14-15,19-22,32H,3,8-13H2,1-2H3,(H,33,34,35);2*5-8,14-16,20,26H,4,9-13H2,1-3H3,(H,27,28,29)/t19?,20?,21-,22+;19?,20?,21-,22-;16-,20+;16-,20-/m1101/s1. The van der Waals surface area contributed by atoms with Gasteiger partial charge in [0.2, 0.25) is 23.6 Å². The molecule has 0 aliphatic carbocycles. The number of piperazine rings is 4. The molecule has 4 aromatic carbocycles. The first-order valence-corrected chi connectivity index (χ1v) is 50.1. The van der Waals surface area contributed by atoms with E-state index >= 15 is 0 Å². The third-order valence-electron chi connectivity index (χ3n) is 27.5. The van der Waals surface area contributed by atoms with Crippen molar-refractivity contribution in [2.75, 3.05) is 146 Å². The number of fused-ring (bicyclic) bond motifs is 8. The zero-order valence-electron chi connectivity index (χ0n) is 81.6. The number of carbonyl (C=O) groups excluding carboxylic acids is 4.